The van der Waals surface area contributed by atoms with Gasteiger partial charge in [-0.05, 0) is 109 Å². The van der Waals surface area contributed by atoms with E-state index in [1.54, 1.807) is 12.3 Å². The number of carboxylic acid groups (broad SMARTS) is 1. The molecule has 12 atom stereocenters. The standard InChI is InChI=1S/C45H68FN5O4/c1-27(2)28(3)41(8)18-19-42(9)30-13-14-34-40(7)21-33(51-37(49-26-50-51)29-16-20-48-22-32(29)46)36(55-24-44(11,47-12)39(4,5)6)45(34,25-54-23-40)31(30)15-17-43(42,10)35(41)38(52)53/h15-16,20,22,26-28,30,33-36,47H,13-14,17-19,21,23-25H2,1-12H3,(H,52,53)/t28-,30+,33-,34-,35-,36+,40-,41-,42-,43+,44+,45+/m1/s1. The molecule has 0 unspecified atom stereocenters. The summed E-state index contributed by atoms with van der Waals surface area (Å²) < 4.78 is 31.8. The van der Waals surface area contributed by atoms with E-state index in [4.69, 9.17) is 14.6 Å². The molecule has 2 aromatic rings. The second-order valence-electron chi connectivity index (χ2n) is 21.1. The van der Waals surface area contributed by atoms with Gasteiger partial charge in [0.1, 0.15) is 6.33 Å². The van der Waals surface area contributed by atoms with Crippen molar-refractivity contribution in [3.05, 3.63) is 42.3 Å². The number of nitrogens with zero attached hydrogens (tertiary/aromatic N) is 4. The average Bonchev–Trinajstić information content (AvgIpc) is 3.60. The topological polar surface area (TPSA) is 111 Å². The Labute approximate surface area is 329 Å². The number of pyridine rings is 1. The number of carboxylic acids is 1. The lowest BCUT2D eigenvalue weighted by Gasteiger charge is -2.71. The predicted octanol–water partition coefficient (Wildman–Crippen LogP) is 9.02. The first-order chi connectivity index (χ1) is 25.6. The zero-order valence-electron chi connectivity index (χ0n) is 35.6. The predicted molar refractivity (Wildman–Crippen MR) is 212 cm³/mol. The number of fused-ring (bicyclic) bond motifs is 3. The van der Waals surface area contributed by atoms with Crippen LogP contribution in [0.4, 0.5) is 4.39 Å². The molecule has 304 valence electrons. The molecule has 1 saturated heterocycles. The first-order valence-corrected chi connectivity index (χ1v) is 21.0. The van der Waals surface area contributed by atoms with E-state index >= 15 is 4.39 Å². The number of ether oxygens (including phenoxy) is 2. The number of halogens is 1. The summed E-state index contributed by atoms with van der Waals surface area (Å²) >= 11 is 0. The fourth-order valence-corrected chi connectivity index (χ4v) is 13.3. The fourth-order valence-electron chi connectivity index (χ4n) is 13.3. The summed E-state index contributed by atoms with van der Waals surface area (Å²) in [6.07, 6.45) is 11.8. The van der Waals surface area contributed by atoms with E-state index < -0.39 is 28.5 Å². The van der Waals surface area contributed by atoms with Gasteiger partial charge >= 0.3 is 5.97 Å². The van der Waals surface area contributed by atoms with Crippen LogP contribution in [0.3, 0.4) is 0 Å². The molecule has 10 heteroatoms. The first kappa shape index (κ1) is 40.5. The number of carbonyl (C=O) groups is 1. The molecule has 9 nitrogen and oxygen atoms in total. The van der Waals surface area contributed by atoms with Gasteiger partial charge < -0.3 is 19.9 Å². The SMILES string of the molecule is CN[C@@](C)(CO[C@H]1[C@H](n2ncnc2-c2ccncc2F)C[C@]2(C)COC[C@@]13C1=CC[C@@]4(C)[C@H](C(=O)O)[C@@](C)([C@H](C)C(C)C)CC[C@]4(C)[C@H]1CC[C@H]23)C(C)(C)C. The van der Waals surface area contributed by atoms with Crippen molar-refractivity contribution in [2.24, 2.45) is 62.1 Å². The van der Waals surface area contributed by atoms with Crippen molar-refractivity contribution in [1.82, 2.24) is 25.1 Å². The largest absolute Gasteiger partial charge is 0.481 e. The molecule has 7 rings (SSSR count). The highest BCUT2D eigenvalue weighted by molar-refractivity contribution is 5.73. The Morgan fingerprint density at radius 3 is 2.47 bits per heavy atom. The average molecular weight is 762 g/mol. The monoisotopic (exact) mass is 762 g/mol. The van der Waals surface area contributed by atoms with E-state index in [1.807, 2.05) is 11.7 Å². The molecule has 3 saturated carbocycles. The second kappa shape index (κ2) is 13.4. The summed E-state index contributed by atoms with van der Waals surface area (Å²) in [6, 6.07) is 1.42. The number of nitrogens with one attached hydrogen (secondary N) is 1. The summed E-state index contributed by atoms with van der Waals surface area (Å²) in [5.74, 6) is 0.0237. The Bertz CT molecular complexity index is 1820. The summed E-state index contributed by atoms with van der Waals surface area (Å²) in [6.45, 7) is 26.7. The molecule has 1 aliphatic heterocycles. The third kappa shape index (κ3) is 5.67. The van der Waals surface area contributed by atoms with Gasteiger partial charge in [-0.1, -0.05) is 80.9 Å². The molecule has 0 amide bonds. The molecule has 5 aliphatic rings. The molecular formula is C45H68FN5O4. The molecule has 0 spiro atoms. The van der Waals surface area contributed by atoms with Crippen LogP contribution in [0.2, 0.25) is 0 Å². The number of rotatable bonds is 9. The van der Waals surface area contributed by atoms with Crippen molar-refractivity contribution in [2.45, 2.75) is 132 Å². The number of aliphatic carboxylic acids is 1. The van der Waals surface area contributed by atoms with E-state index in [2.05, 4.69) is 97.5 Å². The quantitative estimate of drug-likeness (QED) is 0.244. The van der Waals surface area contributed by atoms with Crippen molar-refractivity contribution in [2.75, 3.05) is 26.9 Å². The van der Waals surface area contributed by atoms with Crippen LogP contribution in [0.15, 0.2) is 36.4 Å². The lowest BCUT2D eigenvalue weighted by molar-refractivity contribution is -0.255. The molecule has 55 heavy (non-hydrogen) atoms. The van der Waals surface area contributed by atoms with Gasteiger partial charge in [-0.25, -0.2) is 14.1 Å². The number of hydrogen-bond donors (Lipinski definition) is 2. The Balaban J connectivity index is 1.42. The van der Waals surface area contributed by atoms with E-state index in [-0.39, 0.29) is 57.1 Å². The van der Waals surface area contributed by atoms with Crippen LogP contribution in [0, 0.1) is 67.9 Å². The van der Waals surface area contributed by atoms with Crippen molar-refractivity contribution in [3.63, 3.8) is 0 Å². The summed E-state index contributed by atoms with van der Waals surface area (Å²) in [5, 5.41) is 19.7. The summed E-state index contributed by atoms with van der Waals surface area (Å²) in [5.41, 5.74) is -0.426. The molecule has 0 radical (unpaired) electrons. The number of allylic oxidation sites excluding steroid dienone is 1. The first-order valence-electron chi connectivity index (χ1n) is 21.0. The zero-order chi connectivity index (χ0) is 40.1. The highest BCUT2D eigenvalue weighted by Gasteiger charge is 2.73. The van der Waals surface area contributed by atoms with Crippen LogP contribution in [0.5, 0.6) is 0 Å². The Hall–Kier alpha value is -2.69. The maximum atomic E-state index is 15.5. The lowest BCUT2D eigenvalue weighted by atomic mass is 9.34. The number of aromatic nitrogens is 4. The Morgan fingerprint density at radius 2 is 1.84 bits per heavy atom. The van der Waals surface area contributed by atoms with Crippen molar-refractivity contribution in [3.8, 4) is 11.4 Å². The van der Waals surface area contributed by atoms with Gasteiger partial charge in [0.15, 0.2) is 11.6 Å². The normalized spacial score (nSPS) is 40.3. The molecule has 2 aromatic heterocycles. The smallest absolute Gasteiger partial charge is 0.307 e. The van der Waals surface area contributed by atoms with Crippen molar-refractivity contribution < 1.29 is 23.8 Å². The highest BCUT2D eigenvalue weighted by Crippen LogP contribution is 2.75. The van der Waals surface area contributed by atoms with Crippen molar-refractivity contribution >= 4 is 5.97 Å². The van der Waals surface area contributed by atoms with Gasteiger partial charge in [-0.15, -0.1) is 0 Å². The van der Waals surface area contributed by atoms with Gasteiger partial charge in [-0.3, -0.25) is 9.78 Å². The Kier molecular flexibility index (Phi) is 9.90. The molecule has 2 bridgehead atoms. The van der Waals surface area contributed by atoms with Crippen LogP contribution < -0.4 is 5.32 Å². The maximum absolute atomic E-state index is 15.5. The van der Waals surface area contributed by atoms with E-state index in [9.17, 15) is 9.90 Å². The zero-order valence-corrected chi connectivity index (χ0v) is 35.6. The highest BCUT2D eigenvalue weighted by atomic mass is 19.1. The van der Waals surface area contributed by atoms with Crippen LogP contribution in [0.1, 0.15) is 121 Å². The van der Waals surface area contributed by atoms with Gasteiger partial charge in [0, 0.05) is 17.2 Å². The minimum atomic E-state index is -0.657. The Morgan fingerprint density at radius 1 is 1.11 bits per heavy atom. The van der Waals surface area contributed by atoms with Gasteiger partial charge in [0.25, 0.3) is 0 Å². The van der Waals surface area contributed by atoms with E-state index in [0.29, 0.717) is 43.5 Å². The molecule has 0 aromatic carbocycles. The molecule has 4 fully saturated rings. The minimum Gasteiger partial charge on any atom is -0.481 e. The molecule has 3 heterocycles. The van der Waals surface area contributed by atoms with Gasteiger partial charge in [-0.2, -0.15) is 5.10 Å². The van der Waals surface area contributed by atoms with Gasteiger partial charge in [0.05, 0.1) is 49.6 Å². The maximum Gasteiger partial charge on any atom is 0.307 e. The van der Waals surface area contributed by atoms with Crippen LogP contribution in [-0.4, -0.2) is 69.3 Å². The van der Waals surface area contributed by atoms with Crippen LogP contribution in [-0.2, 0) is 14.3 Å². The third-order valence-corrected chi connectivity index (χ3v) is 17.7. The number of hydrogen-bond acceptors (Lipinski definition) is 7. The summed E-state index contributed by atoms with van der Waals surface area (Å²) in [4.78, 5) is 22.4. The van der Waals surface area contributed by atoms with Gasteiger partial charge in [0.2, 0.25) is 0 Å². The van der Waals surface area contributed by atoms with E-state index in [1.165, 1.54) is 18.1 Å². The molecule has 4 aliphatic carbocycles. The fraction of sp³-hybridized carbons (Fsp3) is 0.778. The molecular weight excluding hydrogens is 694 g/mol. The van der Waals surface area contributed by atoms with Crippen LogP contribution >= 0.6 is 0 Å². The third-order valence-electron chi connectivity index (χ3n) is 17.7. The molecule has 2 N–H and O–H groups in total. The van der Waals surface area contributed by atoms with E-state index in [0.717, 1.165) is 32.1 Å². The second-order valence-corrected chi connectivity index (χ2v) is 21.1. The van der Waals surface area contributed by atoms with Crippen LogP contribution in [0.25, 0.3) is 11.4 Å². The number of likely N-dealkylation sites (N-methyl/N-ethyl adjacent to an activating group) is 1. The van der Waals surface area contributed by atoms with Crippen molar-refractivity contribution in [1.29, 1.82) is 0 Å². The summed E-state index contributed by atoms with van der Waals surface area (Å²) in [7, 11) is 2.01. The minimum absolute atomic E-state index is 0.124. The lowest BCUT2D eigenvalue weighted by Crippen LogP contribution is -2.70.